The molecular formula is C13H25NO. The molecule has 0 heterocycles. The van der Waals surface area contributed by atoms with Crippen LogP contribution in [0.5, 0.6) is 0 Å². The Morgan fingerprint density at radius 1 is 1.20 bits per heavy atom. The van der Waals surface area contributed by atoms with E-state index in [1.165, 1.54) is 19.3 Å². The summed E-state index contributed by atoms with van der Waals surface area (Å²) in [5.74, 6) is 0. The highest BCUT2D eigenvalue weighted by Gasteiger charge is 2.02. The summed E-state index contributed by atoms with van der Waals surface area (Å²) >= 11 is 0. The molecule has 0 amide bonds. The van der Waals surface area contributed by atoms with Crippen molar-refractivity contribution in [3.05, 3.63) is 11.6 Å². The first-order valence-electron chi connectivity index (χ1n) is 6.13. The Kier molecular flexibility index (Phi) is 9.49. The van der Waals surface area contributed by atoms with Gasteiger partial charge in [-0.1, -0.05) is 39.2 Å². The second-order valence-electron chi connectivity index (χ2n) is 3.88. The quantitative estimate of drug-likeness (QED) is 0.443. The molecule has 0 bridgehead atoms. The Balaban J connectivity index is 3.83. The van der Waals surface area contributed by atoms with E-state index in [0.29, 0.717) is 6.42 Å². The molecule has 0 atom stereocenters. The number of allylic oxidation sites excluding steroid dienone is 1. The van der Waals surface area contributed by atoms with Crippen molar-refractivity contribution in [1.82, 2.24) is 0 Å². The van der Waals surface area contributed by atoms with Crippen LogP contribution in [-0.4, -0.2) is 17.4 Å². The third kappa shape index (κ3) is 7.32. The lowest BCUT2D eigenvalue weighted by atomic mass is 10.0. The van der Waals surface area contributed by atoms with Gasteiger partial charge in [0.15, 0.2) is 0 Å². The molecule has 0 aromatic carbocycles. The van der Waals surface area contributed by atoms with E-state index in [1.54, 1.807) is 0 Å². The molecule has 0 saturated heterocycles. The largest absolute Gasteiger partial charge is 0.396 e. The zero-order valence-corrected chi connectivity index (χ0v) is 10.2. The number of hydrogen-bond acceptors (Lipinski definition) is 2. The molecule has 88 valence electrons. The smallest absolute Gasteiger partial charge is 0.0465 e. The van der Waals surface area contributed by atoms with Gasteiger partial charge < -0.3 is 10.5 Å². The number of aliphatic hydroxyl groups excluding tert-OH is 1. The summed E-state index contributed by atoms with van der Waals surface area (Å²) in [6.45, 7) is 4.46. The minimum Gasteiger partial charge on any atom is -0.396 e. The average Bonchev–Trinajstić information content (AvgIpc) is 2.25. The third-order valence-electron chi connectivity index (χ3n) is 2.57. The van der Waals surface area contributed by atoms with E-state index in [-0.39, 0.29) is 6.61 Å². The van der Waals surface area contributed by atoms with Crippen molar-refractivity contribution in [3.8, 4) is 0 Å². The second-order valence-corrected chi connectivity index (χ2v) is 3.88. The molecule has 0 aromatic heterocycles. The maximum absolute atomic E-state index is 8.72. The lowest BCUT2D eigenvalue weighted by Gasteiger charge is -2.06. The Labute approximate surface area is 93.9 Å². The van der Waals surface area contributed by atoms with E-state index in [0.717, 1.165) is 30.5 Å². The minimum absolute atomic E-state index is 0.187. The molecule has 2 nitrogen and oxygen atoms in total. The fourth-order valence-corrected chi connectivity index (χ4v) is 1.61. The van der Waals surface area contributed by atoms with Crippen LogP contribution in [0.2, 0.25) is 0 Å². The van der Waals surface area contributed by atoms with Crippen LogP contribution in [-0.2, 0) is 0 Å². The van der Waals surface area contributed by atoms with Gasteiger partial charge in [0, 0.05) is 12.3 Å². The van der Waals surface area contributed by atoms with Crippen LogP contribution in [0.25, 0.3) is 0 Å². The maximum atomic E-state index is 8.72. The fraction of sp³-hybridized carbons (Fsp3) is 0.769. The maximum Gasteiger partial charge on any atom is 0.0465 e. The van der Waals surface area contributed by atoms with Crippen molar-refractivity contribution < 1.29 is 5.11 Å². The minimum atomic E-state index is 0.187. The van der Waals surface area contributed by atoms with E-state index in [9.17, 15) is 0 Å². The van der Waals surface area contributed by atoms with Crippen LogP contribution in [0.4, 0.5) is 0 Å². The molecule has 0 unspecified atom stereocenters. The van der Waals surface area contributed by atoms with Gasteiger partial charge in [-0.15, -0.1) is 0 Å². The molecule has 2 heteroatoms. The molecular weight excluding hydrogens is 186 g/mol. The van der Waals surface area contributed by atoms with Gasteiger partial charge in [0.1, 0.15) is 0 Å². The molecule has 0 aliphatic heterocycles. The van der Waals surface area contributed by atoms with Gasteiger partial charge in [0.25, 0.3) is 0 Å². The molecule has 0 radical (unpaired) electrons. The summed E-state index contributed by atoms with van der Waals surface area (Å²) in [6, 6.07) is 0. The number of hydrogen-bond donors (Lipinski definition) is 2. The topological polar surface area (TPSA) is 44.1 Å². The van der Waals surface area contributed by atoms with Crippen LogP contribution in [0.3, 0.4) is 0 Å². The summed E-state index contributed by atoms with van der Waals surface area (Å²) in [5.41, 5.74) is 1.88. The van der Waals surface area contributed by atoms with Crippen molar-refractivity contribution in [2.45, 2.75) is 58.8 Å². The van der Waals surface area contributed by atoms with Crippen LogP contribution in [0, 0.1) is 5.41 Å². The summed E-state index contributed by atoms with van der Waals surface area (Å²) in [7, 11) is 0. The van der Waals surface area contributed by atoms with Crippen LogP contribution >= 0.6 is 0 Å². The number of nitrogens with one attached hydrogen (secondary N) is 1. The monoisotopic (exact) mass is 211 g/mol. The first-order chi connectivity index (χ1) is 7.26. The summed E-state index contributed by atoms with van der Waals surface area (Å²) < 4.78 is 0. The normalized spacial score (nSPS) is 11.8. The zero-order chi connectivity index (χ0) is 11.5. The van der Waals surface area contributed by atoms with Gasteiger partial charge in [-0.2, -0.15) is 0 Å². The molecule has 0 saturated carbocycles. The van der Waals surface area contributed by atoms with Gasteiger partial charge in [-0.3, -0.25) is 0 Å². The van der Waals surface area contributed by atoms with Crippen LogP contribution < -0.4 is 0 Å². The highest BCUT2D eigenvalue weighted by Crippen LogP contribution is 2.11. The Morgan fingerprint density at radius 3 is 2.47 bits per heavy atom. The molecule has 0 aliphatic rings. The molecule has 0 aliphatic carbocycles. The van der Waals surface area contributed by atoms with Gasteiger partial charge in [0.05, 0.1) is 0 Å². The van der Waals surface area contributed by atoms with Crippen molar-refractivity contribution >= 4 is 5.71 Å². The highest BCUT2D eigenvalue weighted by molar-refractivity contribution is 5.97. The first kappa shape index (κ1) is 14.4. The standard InChI is InChI=1S/C13H25NO/c1-3-5-6-7-10-13(14)12(4-2)9-8-11-15/h9,14-15H,3-8,10-11H2,1-2H3/b12-9+,14-13?. The molecule has 15 heavy (non-hydrogen) atoms. The molecule has 0 rings (SSSR count). The van der Waals surface area contributed by atoms with Crippen molar-refractivity contribution in [2.75, 3.05) is 6.61 Å². The zero-order valence-electron chi connectivity index (χ0n) is 10.2. The first-order valence-corrected chi connectivity index (χ1v) is 6.13. The Morgan fingerprint density at radius 2 is 1.93 bits per heavy atom. The van der Waals surface area contributed by atoms with Crippen LogP contribution in [0.1, 0.15) is 58.8 Å². The lowest BCUT2D eigenvalue weighted by molar-refractivity contribution is 0.302. The van der Waals surface area contributed by atoms with Crippen molar-refractivity contribution in [2.24, 2.45) is 0 Å². The van der Waals surface area contributed by atoms with E-state index < -0.39 is 0 Å². The number of unbranched alkanes of at least 4 members (excludes halogenated alkanes) is 3. The van der Waals surface area contributed by atoms with Gasteiger partial charge in [0.2, 0.25) is 0 Å². The average molecular weight is 211 g/mol. The third-order valence-corrected chi connectivity index (χ3v) is 2.57. The number of rotatable bonds is 9. The number of aliphatic hydroxyl groups is 1. The van der Waals surface area contributed by atoms with Crippen molar-refractivity contribution in [1.29, 1.82) is 5.41 Å². The predicted octanol–water partition coefficient (Wildman–Crippen LogP) is 3.70. The fourth-order valence-electron chi connectivity index (χ4n) is 1.61. The molecule has 2 N–H and O–H groups in total. The van der Waals surface area contributed by atoms with Crippen LogP contribution in [0.15, 0.2) is 11.6 Å². The van der Waals surface area contributed by atoms with E-state index in [1.807, 2.05) is 6.08 Å². The Bertz CT molecular complexity index is 197. The summed E-state index contributed by atoms with van der Waals surface area (Å²) in [4.78, 5) is 0. The van der Waals surface area contributed by atoms with Crippen molar-refractivity contribution in [3.63, 3.8) is 0 Å². The van der Waals surface area contributed by atoms with Gasteiger partial charge >= 0.3 is 0 Å². The molecule has 0 spiro atoms. The molecule has 0 aromatic rings. The van der Waals surface area contributed by atoms with E-state index in [2.05, 4.69) is 13.8 Å². The second kappa shape index (κ2) is 9.91. The predicted molar refractivity (Wildman–Crippen MR) is 66.6 cm³/mol. The molecule has 0 fully saturated rings. The van der Waals surface area contributed by atoms with Gasteiger partial charge in [-0.05, 0) is 31.3 Å². The van der Waals surface area contributed by atoms with E-state index in [4.69, 9.17) is 10.5 Å². The van der Waals surface area contributed by atoms with E-state index >= 15 is 0 Å². The SMILES string of the molecule is CCCCCCC(=N)/C(=C/CCO)CC. The highest BCUT2D eigenvalue weighted by atomic mass is 16.2. The Hall–Kier alpha value is -0.630. The van der Waals surface area contributed by atoms with Gasteiger partial charge in [-0.25, -0.2) is 0 Å². The lowest BCUT2D eigenvalue weighted by Crippen LogP contribution is -2.01. The summed E-state index contributed by atoms with van der Waals surface area (Å²) in [6.07, 6.45) is 9.36. The summed E-state index contributed by atoms with van der Waals surface area (Å²) in [5, 5.41) is 16.6.